The number of hydrogen-bond donors (Lipinski definition) is 1. The zero-order valence-electron chi connectivity index (χ0n) is 15.5. The van der Waals surface area contributed by atoms with Gasteiger partial charge in [-0.05, 0) is 41.8 Å². The molecule has 2 atom stereocenters. The van der Waals surface area contributed by atoms with Crippen LogP contribution in [0.4, 0.5) is 4.39 Å². The molecule has 138 valence electrons. The van der Waals surface area contributed by atoms with Crippen molar-refractivity contribution in [2.24, 2.45) is 0 Å². The van der Waals surface area contributed by atoms with Crippen molar-refractivity contribution in [3.05, 3.63) is 102 Å². The number of nitrogens with zero attached hydrogens (tertiary/aromatic N) is 1. The fourth-order valence-electron chi connectivity index (χ4n) is 4.33. The van der Waals surface area contributed by atoms with Crippen LogP contribution >= 0.6 is 0 Å². The number of alkyl halides is 1. The molecule has 1 aliphatic rings. The minimum absolute atomic E-state index is 0.588. The molecular weight excluding hydrogens is 349 g/mol. The minimum atomic E-state index is -2.09. The van der Waals surface area contributed by atoms with Crippen molar-refractivity contribution in [3.63, 3.8) is 0 Å². The van der Waals surface area contributed by atoms with E-state index < -0.39 is 11.9 Å². The fraction of sp³-hybridized carbons (Fsp3) is 0.120. The van der Waals surface area contributed by atoms with Gasteiger partial charge >= 0.3 is 0 Å². The molecule has 3 heteroatoms. The monoisotopic (exact) mass is 369 g/mol. The Morgan fingerprint density at radius 1 is 0.821 bits per heavy atom. The van der Waals surface area contributed by atoms with Gasteiger partial charge in [-0.25, -0.2) is 4.39 Å². The molecule has 2 nitrogen and oxygen atoms in total. The highest BCUT2D eigenvalue weighted by Crippen LogP contribution is 2.44. The Morgan fingerprint density at radius 3 is 1.96 bits per heavy atom. The number of allylic oxidation sites excluding steroid dienone is 2. The lowest BCUT2D eigenvalue weighted by atomic mass is 9.86. The summed E-state index contributed by atoms with van der Waals surface area (Å²) in [5.74, 6) is -2.09. The second-order valence-electron chi connectivity index (χ2n) is 7.35. The number of hydrogen-bond acceptors (Lipinski definition) is 1. The van der Waals surface area contributed by atoms with Crippen molar-refractivity contribution < 1.29 is 9.50 Å². The van der Waals surface area contributed by atoms with E-state index >= 15 is 4.39 Å². The van der Waals surface area contributed by atoms with E-state index in [0.717, 1.165) is 32.9 Å². The Hall–Kier alpha value is -3.17. The zero-order valence-corrected chi connectivity index (χ0v) is 15.5. The van der Waals surface area contributed by atoms with Crippen LogP contribution in [-0.4, -0.2) is 15.8 Å². The highest BCUT2D eigenvalue weighted by Gasteiger charge is 2.44. The smallest absolute Gasteiger partial charge is 0.236 e. The lowest BCUT2D eigenvalue weighted by Crippen LogP contribution is -2.42. The van der Waals surface area contributed by atoms with Crippen molar-refractivity contribution >= 4 is 27.4 Å². The first kappa shape index (κ1) is 17.0. The summed E-state index contributed by atoms with van der Waals surface area (Å²) in [6.07, 6.45) is 2.08. The summed E-state index contributed by atoms with van der Waals surface area (Å²) in [7, 11) is 0. The Kier molecular flexibility index (Phi) is 3.74. The average Bonchev–Trinajstić information content (AvgIpc) is 3.06. The van der Waals surface area contributed by atoms with Crippen LogP contribution in [0, 0.1) is 0 Å². The lowest BCUT2D eigenvalue weighted by molar-refractivity contribution is 0.0100. The lowest BCUT2D eigenvalue weighted by Gasteiger charge is -2.35. The average molecular weight is 369 g/mol. The molecule has 3 aromatic carbocycles. The molecule has 28 heavy (non-hydrogen) atoms. The van der Waals surface area contributed by atoms with Gasteiger partial charge in [0.25, 0.3) is 0 Å². The van der Waals surface area contributed by atoms with E-state index in [-0.39, 0.29) is 0 Å². The van der Waals surface area contributed by atoms with Gasteiger partial charge in [0.1, 0.15) is 6.10 Å². The van der Waals surface area contributed by atoms with Gasteiger partial charge in [-0.2, -0.15) is 0 Å². The number of halogens is 1. The van der Waals surface area contributed by atoms with E-state index in [1.54, 1.807) is 4.57 Å². The van der Waals surface area contributed by atoms with E-state index in [4.69, 9.17) is 0 Å². The predicted octanol–water partition coefficient (Wildman–Crippen LogP) is 5.82. The van der Waals surface area contributed by atoms with E-state index in [9.17, 15) is 5.11 Å². The molecule has 0 spiro atoms. The highest BCUT2D eigenvalue weighted by molar-refractivity contribution is 6.08. The number of aliphatic hydroxyl groups is 1. The van der Waals surface area contributed by atoms with Gasteiger partial charge in [-0.3, -0.25) is 0 Å². The van der Waals surface area contributed by atoms with Crippen LogP contribution in [0.25, 0.3) is 27.4 Å². The molecule has 0 aliphatic heterocycles. The summed E-state index contributed by atoms with van der Waals surface area (Å²) in [4.78, 5) is 0. The second-order valence-corrected chi connectivity index (χ2v) is 7.35. The van der Waals surface area contributed by atoms with Crippen LogP contribution in [0.2, 0.25) is 0 Å². The first-order valence-corrected chi connectivity index (χ1v) is 9.42. The van der Waals surface area contributed by atoms with Crippen LogP contribution in [0.1, 0.15) is 12.5 Å². The maximum atomic E-state index is 16.8. The topological polar surface area (TPSA) is 25.2 Å². The van der Waals surface area contributed by atoms with Gasteiger partial charge in [0.15, 0.2) is 0 Å². The molecule has 0 fully saturated rings. The summed E-state index contributed by atoms with van der Waals surface area (Å²) < 4.78 is 18.4. The Morgan fingerprint density at radius 2 is 1.36 bits per heavy atom. The van der Waals surface area contributed by atoms with Gasteiger partial charge < -0.3 is 9.67 Å². The summed E-state index contributed by atoms with van der Waals surface area (Å²) in [5.41, 5.74) is 3.73. The third-order valence-electron chi connectivity index (χ3n) is 5.52. The molecule has 4 aromatic rings. The van der Waals surface area contributed by atoms with E-state index in [2.05, 4.69) is 0 Å². The van der Waals surface area contributed by atoms with E-state index in [0.29, 0.717) is 5.57 Å². The maximum Gasteiger partial charge on any atom is 0.236 e. The normalized spacial score (nSPS) is 22.3. The van der Waals surface area contributed by atoms with Gasteiger partial charge in [0.05, 0.1) is 11.0 Å². The van der Waals surface area contributed by atoms with Crippen molar-refractivity contribution in [2.45, 2.75) is 18.8 Å². The maximum absolute atomic E-state index is 16.8. The molecule has 0 saturated heterocycles. The van der Waals surface area contributed by atoms with E-state index in [1.165, 1.54) is 6.08 Å². The Labute approximate surface area is 162 Å². The van der Waals surface area contributed by atoms with Crippen molar-refractivity contribution in [1.29, 1.82) is 0 Å². The first-order chi connectivity index (χ1) is 13.6. The van der Waals surface area contributed by atoms with Gasteiger partial charge in [0, 0.05) is 10.8 Å². The number of aliphatic hydroxyl groups excluding tert-OH is 1. The quantitative estimate of drug-likeness (QED) is 0.473. The van der Waals surface area contributed by atoms with Gasteiger partial charge in [-0.15, -0.1) is 0 Å². The van der Waals surface area contributed by atoms with Gasteiger partial charge in [0.2, 0.25) is 5.79 Å². The molecular formula is C25H20FNO. The first-order valence-electron chi connectivity index (χ1n) is 9.42. The third kappa shape index (κ3) is 2.36. The molecule has 1 aliphatic carbocycles. The zero-order chi connectivity index (χ0) is 19.3. The summed E-state index contributed by atoms with van der Waals surface area (Å²) in [6.45, 7) is 1.87. The van der Waals surface area contributed by atoms with Crippen LogP contribution < -0.4 is 0 Å². The third-order valence-corrected chi connectivity index (χ3v) is 5.52. The standard InChI is InChI=1S/C25H20FNO/c1-17-15-21(18-9-3-2-4-10-18)24(28)25(26,16-17)27-22-13-7-5-11-19(22)20-12-6-8-14-23(20)27/h2-16,24,28H,1H3. The van der Waals surface area contributed by atoms with Gasteiger partial charge in [-0.1, -0.05) is 72.8 Å². The number of benzene rings is 3. The predicted molar refractivity (Wildman–Crippen MR) is 113 cm³/mol. The summed E-state index contributed by atoms with van der Waals surface area (Å²) in [5, 5.41) is 13.2. The fourth-order valence-corrected chi connectivity index (χ4v) is 4.33. The van der Waals surface area contributed by atoms with Crippen LogP contribution in [0.3, 0.4) is 0 Å². The summed E-state index contributed by atoms with van der Waals surface area (Å²) in [6, 6.07) is 25.1. The number of rotatable bonds is 2. The molecule has 0 radical (unpaired) electrons. The molecule has 5 rings (SSSR count). The molecule has 1 heterocycles. The largest absolute Gasteiger partial charge is 0.383 e. The molecule has 2 unspecified atom stereocenters. The van der Waals surface area contributed by atoms with Crippen LogP contribution in [0.15, 0.2) is 96.6 Å². The van der Waals surface area contributed by atoms with E-state index in [1.807, 2.05) is 91.9 Å². The van der Waals surface area contributed by atoms with Crippen molar-refractivity contribution in [3.8, 4) is 0 Å². The van der Waals surface area contributed by atoms with Crippen LogP contribution in [0.5, 0.6) is 0 Å². The SMILES string of the molecule is CC1=CC(F)(n2c3ccccc3c3ccccc32)C(O)C(c2ccccc2)=C1. The molecule has 0 saturated carbocycles. The Bertz CT molecular complexity index is 1200. The molecule has 1 N–H and O–H groups in total. The second kappa shape index (κ2) is 6.18. The van der Waals surface area contributed by atoms with Crippen molar-refractivity contribution in [2.75, 3.05) is 0 Å². The number of para-hydroxylation sites is 2. The number of aromatic nitrogens is 1. The van der Waals surface area contributed by atoms with Crippen molar-refractivity contribution in [1.82, 2.24) is 4.57 Å². The molecule has 1 aromatic heterocycles. The number of fused-ring (bicyclic) bond motifs is 3. The molecule has 0 bridgehead atoms. The minimum Gasteiger partial charge on any atom is -0.383 e. The highest BCUT2D eigenvalue weighted by atomic mass is 19.1. The summed E-state index contributed by atoms with van der Waals surface area (Å²) >= 11 is 0. The van der Waals surface area contributed by atoms with Crippen LogP contribution in [-0.2, 0) is 5.79 Å². The Balaban J connectivity index is 1.80. The molecule has 0 amide bonds.